The molecule has 3 aromatic carbocycles. The number of nitrogens with zero attached hydrogens (tertiary/aromatic N) is 1. The summed E-state index contributed by atoms with van der Waals surface area (Å²) in [6.45, 7) is 0. The average Bonchev–Trinajstić information content (AvgIpc) is 2.82. The Balaban J connectivity index is 1.62. The number of anilines is 1. The van der Waals surface area contributed by atoms with Crippen LogP contribution < -0.4 is 19.1 Å². The molecule has 35 heavy (non-hydrogen) atoms. The lowest BCUT2D eigenvalue weighted by Crippen LogP contribution is -2.54. The fourth-order valence-corrected chi connectivity index (χ4v) is 4.27. The molecule has 0 radical (unpaired) electrons. The maximum atomic E-state index is 13.0. The van der Waals surface area contributed by atoms with Crippen LogP contribution >= 0.6 is 11.6 Å². The molecule has 1 N–H and O–H groups in total. The summed E-state index contributed by atoms with van der Waals surface area (Å²) in [7, 11) is -2.67. The van der Waals surface area contributed by atoms with Gasteiger partial charge < -0.3 is 8.92 Å². The van der Waals surface area contributed by atoms with E-state index in [9.17, 15) is 22.8 Å². The lowest BCUT2D eigenvalue weighted by Gasteiger charge is -2.26. The Bertz CT molecular complexity index is 1450. The molecule has 1 saturated heterocycles. The Morgan fingerprint density at radius 1 is 0.914 bits per heavy atom. The summed E-state index contributed by atoms with van der Waals surface area (Å²) < 4.78 is 35.4. The van der Waals surface area contributed by atoms with Crippen molar-refractivity contribution in [3.63, 3.8) is 0 Å². The molecule has 1 heterocycles. The van der Waals surface area contributed by atoms with Gasteiger partial charge in [0.25, 0.3) is 11.8 Å². The Hall–Kier alpha value is -4.15. The Kier molecular flexibility index (Phi) is 6.59. The highest BCUT2D eigenvalue weighted by Gasteiger charge is 2.36. The van der Waals surface area contributed by atoms with Gasteiger partial charge in [0.2, 0.25) is 0 Å². The minimum Gasteiger partial charge on any atom is -0.497 e. The topological polar surface area (TPSA) is 119 Å². The molecular weight excluding hydrogens is 496 g/mol. The molecule has 9 nitrogen and oxygen atoms in total. The van der Waals surface area contributed by atoms with Gasteiger partial charge in [-0.15, -0.1) is 0 Å². The zero-order valence-corrected chi connectivity index (χ0v) is 19.7. The number of amides is 4. The van der Waals surface area contributed by atoms with Crippen molar-refractivity contribution in [3.05, 3.63) is 89.0 Å². The zero-order chi connectivity index (χ0) is 25.2. The van der Waals surface area contributed by atoms with Gasteiger partial charge in [0.1, 0.15) is 22.0 Å². The predicted octanol–water partition coefficient (Wildman–Crippen LogP) is 3.78. The molecule has 0 bridgehead atoms. The molecular formula is C24H17ClN2O7S. The van der Waals surface area contributed by atoms with E-state index in [1.807, 2.05) is 0 Å². The summed E-state index contributed by atoms with van der Waals surface area (Å²) in [4.78, 5) is 38.5. The number of carbonyl (C=O) groups excluding carboxylic acids is 3. The Morgan fingerprint density at radius 2 is 1.60 bits per heavy atom. The van der Waals surface area contributed by atoms with E-state index < -0.39 is 28.0 Å². The van der Waals surface area contributed by atoms with Crippen molar-refractivity contribution in [2.24, 2.45) is 0 Å². The maximum Gasteiger partial charge on any atom is 0.339 e. The van der Waals surface area contributed by atoms with E-state index in [0.29, 0.717) is 16.3 Å². The second-order valence-electron chi connectivity index (χ2n) is 7.22. The van der Waals surface area contributed by atoms with Crippen LogP contribution in [0.4, 0.5) is 10.5 Å². The molecule has 4 amide bonds. The maximum absolute atomic E-state index is 13.0. The van der Waals surface area contributed by atoms with Crippen LogP contribution in [0.3, 0.4) is 0 Å². The third kappa shape index (κ3) is 5.18. The first-order valence-electron chi connectivity index (χ1n) is 10.0. The van der Waals surface area contributed by atoms with Crippen LogP contribution in [0.1, 0.15) is 5.56 Å². The fraction of sp³-hybridized carbons (Fsp3) is 0.0417. The van der Waals surface area contributed by atoms with Crippen LogP contribution in [0.25, 0.3) is 6.08 Å². The number of imide groups is 2. The minimum atomic E-state index is -4.15. The number of hydrogen-bond donors (Lipinski definition) is 1. The molecule has 1 aliphatic rings. The number of rotatable bonds is 6. The van der Waals surface area contributed by atoms with Crippen LogP contribution in [0.5, 0.6) is 11.5 Å². The molecule has 0 atom stereocenters. The fourth-order valence-electron chi connectivity index (χ4n) is 3.22. The average molecular weight is 513 g/mol. The zero-order valence-electron chi connectivity index (χ0n) is 18.1. The number of halogens is 1. The van der Waals surface area contributed by atoms with Gasteiger partial charge in [-0.05, 0) is 72.3 Å². The van der Waals surface area contributed by atoms with Gasteiger partial charge in [-0.1, -0.05) is 23.7 Å². The van der Waals surface area contributed by atoms with E-state index in [-0.39, 0.29) is 21.9 Å². The van der Waals surface area contributed by atoms with Crippen LogP contribution in [0.2, 0.25) is 5.02 Å². The monoisotopic (exact) mass is 512 g/mol. The molecule has 0 spiro atoms. The Labute approximate surface area is 205 Å². The Morgan fingerprint density at radius 3 is 2.26 bits per heavy atom. The van der Waals surface area contributed by atoms with Crippen molar-refractivity contribution in [2.45, 2.75) is 4.90 Å². The molecule has 0 aromatic heterocycles. The van der Waals surface area contributed by atoms with Crippen LogP contribution in [-0.2, 0) is 19.7 Å². The SMILES string of the molecule is COc1ccc(N2C(=O)NC(=O)/C(=C/c3cccc(OS(=O)(=O)c4ccc(Cl)cc4)c3)C2=O)cc1. The first-order chi connectivity index (χ1) is 16.7. The molecule has 1 fully saturated rings. The van der Waals surface area contributed by atoms with Gasteiger partial charge in [0, 0.05) is 5.02 Å². The van der Waals surface area contributed by atoms with Crippen LogP contribution in [0.15, 0.2) is 83.3 Å². The van der Waals surface area contributed by atoms with Crippen molar-refractivity contribution in [3.8, 4) is 11.5 Å². The third-order valence-electron chi connectivity index (χ3n) is 4.91. The van der Waals surface area contributed by atoms with Gasteiger partial charge in [-0.2, -0.15) is 8.42 Å². The van der Waals surface area contributed by atoms with E-state index in [2.05, 4.69) is 5.32 Å². The van der Waals surface area contributed by atoms with E-state index >= 15 is 0 Å². The highest BCUT2D eigenvalue weighted by Crippen LogP contribution is 2.26. The van der Waals surface area contributed by atoms with Crippen LogP contribution in [0, 0.1) is 0 Å². The first kappa shape index (κ1) is 24.0. The van der Waals surface area contributed by atoms with E-state index in [4.69, 9.17) is 20.5 Å². The normalized spacial score (nSPS) is 15.2. The number of ether oxygens (including phenoxy) is 1. The molecule has 178 valence electrons. The number of barbiturate groups is 1. The number of urea groups is 1. The van der Waals surface area contributed by atoms with E-state index in [1.165, 1.54) is 67.8 Å². The molecule has 1 aliphatic heterocycles. The standard InChI is InChI=1S/C24H17ClN2O7S/c1-33-18-9-7-17(8-10-18)27-23(29)21(22(28)26-24(27)30)14-15-3-2-4-19(13-15)34-35(31,32)20-11-5-16(25)6-12-20/h2-14H,1H3,(H,26,28,30)/b21-14-. The predicted molar refractivity (Wildman–Crippen MR) is 128 cm³/mol. The summed E-state index contributed by atoms with van der Waals surface area (Å²) in [5, 5.41) is 2.50. The van der Waals surface area contributed by atoms with Gasteiger partial charge in [0.15, 0.2) is 0 Å². The molecule has 3 aromatic rings. The first-order valence-corrected chi connectivity index (χ1v) is 11.8. The van der Waals surface area contributed by atoms with E-state index in [0.717, 1.165) is 4.90 Å². The molecule has 0 unspecified atom stereocenters. The third-order valence-corrected chi connectivity index (χ3v) is 6.42. The number of methoxy groups -OCH3 is 1. The van der Waals surface area contributed by atoms with Gasteiger partial charge in [-0.3, -0.25) is 14.9 Å². The molecule has 11 heteroatoms. The van der Waals surface area contributed by atoms with Crippen molar-refractivity contribution in [1.82, 2.24) is 5.32 Å². The van der Waals surface area contributed by atoms with Gasteiger partial charge in [-0.25, -0.2) is 9.69 Å². The largest absolute Gasteiger partial charge is 0.497 e. The number of hydrogen-bond acceptors (Lipinski definition) is 7. The number of carbonyl (C=O) groups is 3. The lowest BCUT2D eigenvalue weighted by molar-refractivity contribution is -0.122. The summed E-state index contributed by atoms with van der Waals surface area (Å²) in [5.41, 5.74) is 0.215. The highest BCUT2D eigenvalue weighted by atomic mass is 35.5. The number of nitrogens with one attached hydrogen (secondary N) is 1. The summed E-state index contributed by atoms with van der Waals surface area (Å²) in [6, 6.07) is 16.5. The molecule has 0 saturated carbocycles. The molecule has 0 aliphatic carbocycles. The van der Waals surface area contributed by atoms with E-state index in [1.54, 1.807) is 18.2 Å². The summed E-state index contributed by atoms with van der Waals surface area (Å²) in [5.74, 6) is -1.24. The van der Waals surface area contributed by atoms with Gasteiger partial charge in [0.05, 0.1) is 12.8 Å². The summed E-state index contributed by atoms with van der Waals surface area (Å²) in [6.07, 6.45) is 1.24. The van der Waals surface area contributed by atoms with Crippen molar-refractivity contribution in [1.29, 1.82) is 0 Å². The minimum absolute atomic E-state index is 0.0407. The second kappa shape index (κ2) is 9.61. The van der Waals surface area contributed by atoms with Crippen molar-refractivity contribution in [2.75, 3.05) is 12.0 Å². The van der Waals surface area contributed by atoms with Crippen molar-refractivity contribution < 1.29 is 31.7 Å². The lowest BCUT2D eigenvalue weighted by atomic mass is 10.1. The van der Waals surface area contributed by atoms with Gasteiger partial charge >= 0.3 is 16.1 Å². The smallest absolute Gasteiger partial charge is 0.339 e. The summed E-state index contributed by atoms with van der Waals surface area (Å²) >= 11 is 5.80. The quantitative estimate of drug-likeness (QED) is 0.303. The second-order valence-corrected chi connectivity index (χ2v) is 9.20. The highest BCUT2D eigenvalue weighted by molar-refractivity contribution is 7.87. The number of benzene rings is 3. The van der Waals surface area contributed by atoms with Crippen molar-refractivity contribution >= 4 is 51.3 Å². The van der Waals surface area contributed by atoms with Crippen LogP contribution in [-0.4, -0.2) is 33.4 Å². The molecule has 4 rings (SSSR count).